The number of hydrogen-bond donors (Lipinski definition) is 1. The van der Waals surface area contributed by atoms with Crippen LogP contribution in [0.5, 0.6) is 0 Å². The van der Waals surface area contributed by atoms with Gasteiger partial charge in [-0.1, -0.05) is 6.92 Å². The fourth-order valence-electron chi connectivity index (χ4n) is 3.65. The molecule has 2 rings (SSSR count). The molecule has 1 aliphatic carbocycles. The smallest absolute Gasteiger partial charge is 0.315 e. The summed E-state index contributed by atoms with van der Waals surface area (Å²) in [5.41, 5.74) is 0. The van der Waals surface area contributed by atoms with Crippen LogP contribution < -0.4 is 5.32 Å². The van der Waals surface area contributed by atoms with Gasteiger partial charge in [-0.3, -0.25) is 4.90 Å². The Morgan fingerprint density at radius 2 is 1.68 bits per heavy atom. The largest absolute Gasteiger partial charge is 0.391 e. The van der Waals surface area contributed by atoms with Crippen LogP contribution in [0.4, 0.5) is 13.2 Å². The molecule has 1 N–H and O–H groups in total. The minimum absolute atomic E-state index is 0.269. The molecular weight excluding hydrogens is 253 g/mol. The van der Waals surface area contributed by atoms with Crippen molar-refractivity contribution in [2.75, 3.05) is 20.1 Å². The number of rotatable bonds is 2. The molecular formula is C14H25F3N2. The van der Waals surface area contributed by atoms with E-state index in [9.17, 15) is 13.2 Å². The summed E-state index contributed by atoms with van der Waals surface area (Å²) in [6.07, 6.45) is 0.00866. The first-order valence-corrected chi connectivity index (χ1v) is 7.40. The molecule has 2 fully saturated rings. The Kier molecular flexibility index (Phi) is 4.77. The molecule has 0 aromatic heterocycles. The Balaban J connectivity index is 1.92. The van der Waals surface area contributed by atoms with E-state index in [1.807, 2.05) is 7.05 Å². The van der Waals surface area contributed by atoms with Crippen molar-refractivity contribution in [2.24, 2.45) is 11.8 Å². The summed E-state index contributed by atoms with van der Waals surface area (Å²) in [6.45, 7) is 3.45. The topological polar surface area (TPSA) is 15.3 Å². The van der Waals surface area contributed by atoms with Crippen LogP contribution in [-0.2, 0) is 0 Å². The summed E-state index contributed by atoms with van der Waals surface area (Å²) < 4.78 is 38.1. The summed E-state index contributed by atoms with van der Waals surface area (Å²) in [5.74, 6) is -0.396. The normalized spacial score (nSPS) is 35.5. The number of halogens is 3. The maximum Gasteiger partial charge on any atom is 0.391 e. The number of likely N-dealkylation sites (N-methyl/N-ethyl adjacent to an activating group) is 1. The van der Waals surface area contributed by atoms with Gasteiger partial charge in [-0.25, -0.2) is 0 Å². The number of nitrogens with one attached hydrogen (secondary N) is 1. The molecule has 112 valence electrons. The molecule has 1 saturated carbocycles. The van der Waals surface area contributed by atoms with Crippen LogP contribution in [0.3, 0.4) is 0 Å². The van der Waals surface area contributed by atoms with Crippen LogP contribution in [0.25, 0.3) is 0 Å². The SMILES string of the molecule is CNC1CCC(C)CC1N1CCC(C(F)(F)F)CC1. The van der Waals surface area contributed by atoms with Crippen molar-refractivity contribution < 1.29 is 13.2 Å². The van der Waals surface area contributed by atoms with E-state index in [2.05, 4.69) is 17.1 Å². The van der Waals surface area contributed by atoms with E-state index in [-0.39, 0.29) is 12.8 Å². The standard InChI is InChI=1S/C14H25F3N2/c1-10-3-4-12(18-2)13(9-10)19-7-5-11(6-8-19)14(15,16)17/h10-13,18H,3-9H2,1-2H3. The third-order valence-electron chi connectivity index (χ3n) is 4.91. The van der Waals surface area contributed by atoms with E-state index >= 15 is 0 Å². The molecule has 1 saturated heterocycles. The summed E-state index contributed by atoms with van der Waals surface area (Å²) in [4.78, 5) is 2.29. The molecule has 0 amide bonds. The second-order valence-electron chi connectivity index (χ2n) is 6.23. The molecule has 19 heavy (non-hydrogen) atoms. The average Bonchev–Trinajstić information content (AvgIpc) is 2.38. The van der Waals surface area contributed by atoms with E-state index in [4.69, 9.17) is 0 Å². The van der Waals surface area contributed by atoms with Crippen molar-refractivity contribution in [1.82, 2.24) is 10.2 Å². The van der Waals surface area contributed by atoms with Gasteiger partial charge < -0.3 is 5.32 Å². The molecule has 5 heteroatoms. The first-order valence-electron chi connectivity index (χ1n) is 7.40. The van der Waals surface area contributed by atoms with Gasteiger partial charge in [-0.2, -0.15) is 13.2 Å². The lowest BCUT2D eigenvalue weighted by Crippen LogP contribution is -2.54. The zero-order valence-electron chi connectivity index (χ0n) is 11.8. The van der Waals surface area contributed by atoms with Gasteiger partial charge in [0.1, 0.15) is 0 Å². The molecule has 1 aliphatic heterocycles. The molecule has 3 unspecified atom stereocenters. The lowest BCUT2D eigenvalue weighted by atomic mass is 9.81. The number of nitrogens with zero attached hydrogens (tertiary/aromatic N) is 1. The first-order chi connectivity index (χ1) is 8.91. The zero-order valence-corrected chi connectivity index (χ0v) is 11.8. The fourth-order valence-corrected chi connectivity index (χ4v) is 3.65. The van der Waals surface area contributed by atoms with Gasteiger partial charge in [0.2, 0.25) is 0 Å². The summed E-state index contributed by atoms with van der Waals surface area (Å²) >= 11 is 0. The third-order valence-corrected chi connectivity index (χ3v) is 4.91. The molecule has 3 atom stereocenters. The quantitative estimate of drug-likeness (QED) is 0.835. The number of likely N-dealkylation sites (tertiary alicyclic amines) is 1. The van der Waals surface area contributed by atoms with Gasteiger partial charge in [0.05, 0.1) is 5.92 Å². The highest BCUT2D eigenvalue weighted by Crippen LogP contribution is 2.36. The number of piperidine rings is 1. The monoisotopic (exact) mass is 278 g/mol. The Morgan fingerprint density at radius 1 is 1.05 bits per heavy atom. The molecule has 2 nitrogen and oxygen atoms in total. The van der Waals surface area contributed by atoms with Gasteiger partial charge in [0.15, 0.2) is 0 Å². The molecule has 0 aromatic carbocycles. The van der Waals surface area contributed by atoms with Gasteiger partial charge >= 0.3 is 6.18 Å². The number of hydrogen-bond acceptors (Lipinski definition) is 2. The molecule has 0 bridgehead atoms. The molecule has 0 spiro atoms. The van der Waals surface area contributed by atoms with Gasteiger partial charge in [-0.05, 0) is 58.2 Å². The molecule has 1 heterocycles. The van der Waals surface area contributed by atoms with Crippen LogP contribution in [0.15, 0.2) is 0 Å². The second kappa shape index (κ2) is 6.00. The Labute approximate surface area is 113 Å². The summed E-state index contributed by atoms with van der Waals surface area (Å²) in [7, 11) is 1.97. The minimum atomic E-state index is -4.01. The van der Waals surface area contributed by atoms with Gasteiger partial charge in [0, 0.05) is 12.1 Å². The third kappa shape index (κ3) is 3.63. The van der Waals surface area contributed by atoms with Crippen molar-refractivity contribution in [2.45, 2.75) is 57.3 Å². The minimum Gasteiger partial charge on any atom is -0.315 e. The first kappa shape index (κ1) is 15.1. The maximum atomic E-state index is 12.7. The van der Waals surface area contributed by atoms with Crippen molar-refractivity contribution >= 4 is 0 Å². The van der Waals surface area contributed by atoms with Gasteiger partial charge in [-0.15, -0.1) is 0 Å². The predicted octanol–water partition coefficient (Wildman–Crippen LogP) is 3.04. The molecule has 0 aromatic rings. The van der Waals surface area contributed by atoms with E-state index in [0.717, 1.165) is 12.8 Å². The predicted molar refractivity (Wildman–Crippen MR) is 70.0 cm³/mol. The van der Waals surface area contributed by atoms with Crippen LogP contribution in [-0.4, -0.2) is 43.3 Å². The zero-order chi connectivity index (χ0) is 14.0. The second-order valence-corrected chi connectivity index (χ2v) is 6.23. The van der Waals surface area contributed by atoms with E-state index in [1.165, 1.54) is 6.42 Å². The van der Waals surface area contributed by atoms with Crippen LogP contribution in [0.2, 0.25) is 0 Å². The highest BCUT2D eigenvalue weighted by Gasteiger charge is 2.43. The van der Waals surface area contributed by atoms with Crippen LogP contribution in [0.1, 0.15) is 39.0 Å². The summed E-state index contributed by atoms with van der Waals surface area (Å²) in [5, 5.41) is 3.35. The van der Waals surface area contributed by atoms with Crippen molar-refractivity contribution in [3.05, 3.63) is 0 Å². The van der Waals surface area contributed by atoms with Crippen molar-refractivity contribution in [3.63, 3.8) is 0 Å². The average molecular weight is 278 g/mol. The van der Waals surface area contributed by atoms with Crippen molar-refractivity contribution in [3.8, 4) is 0 Å². The maximum absolute atomic E-state index is 12.7. The highest BCUT2D eigenvalue weighted by molar-refractivity contribution is 4.92. The Morgan fingerprint density at radius 3 is 2.21 bits per heavy atom. The van der Waals surface area contributed by atoms with E-state index in [0.29, 0.717) is 31.1 Å². The molecule has 0 radical (unpaired) electrons. The highest BCUT2D eigenvalue weighted by atomic mass is 19.4. The lowest BCUT2D eigenvalue weighted by Gasteiger charge is -2.45. The van der Waals surface area contributed by atoms with Crippen LogP contribution >= 0.6 is 0 Å². The van der Waals surface area contributed by atoms with Gasteiger partial charge in [0.25, 0.3) is 0 Å². The fraction of sp³-hybridized carbons (Fsp3) is 1.00. The van der Waals surface area contributed by atoms with Crippen LogP contribution in [0, 0.1) is 11.8 Å². The van der Waals surface area contributed by atoms with E-state index < -0.39 is 12.1 Å². The Hall–Kier alpha value is -0.290. The lowest BCUT2D eigenvalue weighted by molar-refractivity contribution is -0.186. The number of alkyl halides is 3. The Bertz CT molecular complexity index is 285. The molecule has 2 aliphatic rings. The summed E-state index contributed by atoms with van der Waals surface area (Å²) in [6, 6.07) is 0.863. The van der Waals surface area contributed by atoms with E-state index in [1.54, 1.807) is 0 Å². The van der Waals surface area contributed by atoms with Crippen molar-refractivity contribution in [1.29, 1.82) is 0 Å².